The fraction of sp³-hybridized carbons (Fsp3) is 0.625. The minimum atomic E-state index is 0.651. The van der Waals surface area contributed by atoms with E-state index in [1.54, 1.807) is 7.11 Å². The SMILES string of the molecule is COCc1ccc(C2CCNC2CC(C)C)cc1. The molecular weight excluding hydrogens is 222 g/mol. The third kappa shape index (κ3) is 3.33. The van der Waals surface area contributed by atoms with Gasteiger partial charge in [0.15, 0.2) is 0 Å². The average molecular weight is 247 g/mol. The van der Waals surface area contributed by atoms with Gasteiger partial charge in [0.25, 0.3) is 0 Å². The molecule has 100 valence electrons. The maximum Gasteiger partial charge on any atom is 0.0713 e. The van der Waals surface area contributed by atoms with Crippen molar-refractivity contribution in [1.29, 1.82) is 0 Å². The van der Waals surface area contributed by atoms with Crippen LogP contribution in [0.3, 0.4) is 0 Å². The van der Waals surface area contributed by atoms with Crippen molar-refractivity contribution in [2.24, 2.45) is 5.92 Å². The summed E-state index contributed by atoms with van der Waals surface area (Å²) in [7, 11) is 1.74. The van der Waals surface area contributed by atoms with Crippen molar-refractivity contribution in [3.05, 3.63) is 35.4 Å². The van der Waals surface area contributed by atoms with Gasteiger partial charge < -0.3 is 10.1 Å². The van der Waals surface area contributed by atoms with E-state index in [2.05, 4.69) is 43.4 Å². The quantitative estimate of drug-likeness (QED) is 0.862. The first-order valence-corrected chi connectivity index (χ1v) is 7.02. The zero-order chi connectivity index (χ0) is 13.0. The molecule has 0 bridgehead atoms. The fourth-order valence-electron chi connectivity index (χ4n) is 2.95. The molecule has 2 nitrogen and oxygen atoms in total. The predicted molar refractivity (Wildman–Crippen MR) is 75.8 cm³/mol. The highest BCUT2D eigenvalue weighted by atomic mass is 16.5. The number of ether oxygens (including phenoxy) is 1. The van der Waals surface area contributed by atoms with Crippen molar-refractivity contribution < 1.29 is 4.74 Å². The highest BCUT2D eigenvalue weighted by Gasteiger charge is 2.28. The molecule has 2 heteroatoms. The van der Waals surface area contributed by atoms with Crippen LogP contribution >= 0.6 is 0 Å². The van der Waals surface area contributed by atoms with Crippen molar-refractivity contribution in [3.63, 3.8) is 0 Å². The smallest absolute Gasteiger partial charge is 0.0713 e. The lowest BCUT2D eigenvalue weighted by molar-refractivity contribution is 0.185. The summed E-state index contributed by atoms with van der Waals surface area (Å²) in [5.74, 6) is 1.44. The van der Waals surface area contributed by atoms with Crippen molar-refractivity contribution in [1.82, 2.24) is 5.32 Å². The molecule has 2 atom stereocenters. The lowest BCUT2D eigenvalue weighted by atomic mass is 9.87. The Morgan fingerprint density at radius 2 is 2.00 bits per heavy atom. The molecule has 0 saturated carbocycles. The number of benzene rings is 1. The topological polar surface area (TPSA) is 21.3 Å². The van der Waals surface area contributed by atoms with Crippen LogP contribution in [-0.2, 0) is 11.3 Å². The van der Waals surface area contributed by atoms with E-state index in [-0.39, 0.29) is 0 Å². The van der Waals surface area contributed by atoms with Gasteiger partial charge in [-0.3, -0.25) is 0 Å². The molecule has 1 aromatic carbocycles. The van der Waals surface area contributed by atoms with Crippen molar-refractivity contribution in [2.45, 2.75) is 45.3 Å². The van der Waals surface area contributed by atoms with Gasteiger partial charge in [-0.2, -0.15) is 0 Å². The van der Waals surface area contributed by atoms with E-state index in [4.69, 9.17) is 4.74 Å². The van der Waals surface area contributed by atoms with Crippen LogP contribution < -0.4 is 5.32 Å². The Morgan fingerprint density at radius 1 is 1.28 bits per heavy atom. The van der Waals surface area contributed by atoms with Crippen LogP contribution in [0.1, 0.15) is 43.7 Å². The first-order valence-electron chi connectivity index (χ1n) is 7.02. The summed E-state index contributed by atoms with van der Waals surface area (Å²) in [6.07, 6.45) is 2.53. The first kappa shape index (κ1) is 13.6. The lowest BCUT2D eigenvalue weighted by Gasteiger charge is -2.22. The summed E-state index contributed by atoms with van der Waals surface area (Å²) in [5, 5.41) is 3.65. The largest absolute Gasteiger partial charge is 0.380 e. The molecule has 18 heavy (non-hydrogen) atoms. The Kier molecular flexibility index (Phi) is 4.79. The summed E-state index contributed by atoms with van der Waals surface area (Å²) >= 11 is 0. The van der Waals surface area contributed by atoms with E-state index in [0.717, 1.165) is 12.5 Å². The lowest BCUT2D eigenvalue weighted by Crippen LogP contribution is -2.27. The second kappa shape index (κ2) is 6.35. The van der Waals surface area contributed by atoms with Gasteiger partial charge in [-0.05, 0) is 36.4 Å². The minimum Gasteiger partial charge on any atom is -0.380 e. The Morgan fingerprint density at radius 3 is 2.61 bits per heavy atom. The molecule has 1 aromatic rings. The third-order valence-corrected chi connectivity index (χ3v) is 3.79. The number of nitrogens with one attached hydrogen (secondary N) is 1. The number of methoxy groups -OCH3 is 1. The van der Waals surface area contributed by atoms with Crippen molar-refractivity contribution in [2.75, 3.05) is 13.7 Å². The third-order valence-electron chi connectivity index (χ3n) is 3.79. The monoisotopic (exact) mass is 247 g/mol. The molecule has 1 fully saturated rings. The van der Waals surface area contributed by atoms with E-state index < -0.39 is 0 Å². The fourth-order valence-corrected chi connectivity index (χ4v) is 2.95. The van der Waals surface area contributed by atoms with Crippen LogP contribution in [0.15, 0.2) is 24.3 Å². The van der Waals surface area contributed by atoms with Crippen LogP contribution in [0.25, 0.3) is 0 Å². The van der Waals surface area contributed by atoms with Crippen molar-refractivity contribution >= 4 is 0 Å². The second-order valence-corrected chi connectivity index (χ2v) is 5.76. The maximum absolute atomic E-state index is 5.15. The summed E-state index contributed by atoms with van der Waals surface area (Å²) in [5.41, 5.74) is 2.73. The summed E-state index contributed by atoms with van der Waals surface area (Å²) in [6.45, 7) is 6.47. The molecule has 0 radical (unpaired) electrons. The number of rotatable bonds is 5. The minimum absolute atomic E-state index is 0.651. The number of hydrogen-bond acceptors (Lipinski definition) is 2. The summed E-state index contributed by atoms with van der Waals surface area (Å²) < 4.78 is 5.15. The standard InChI is InChI=1S/C16H25NO/c1-12(2)10-16-15(8-9-17-16)14-6-4-13(5-7-14)11-18-3/h4-7,12,15-17H,8-11H2,1-3H3. The molecule has 0 amide bonds. The molecule has 2 rings (SSSR count). The van der Waals surface area contributed by atoms with E-state index in [1.807, 2.05) is 0 Å². The molecule has 1 saturated heterocycles. The van der Waals surface area contributed by atoms with Crippen LogP contribution in [0.5, 0.6) is 0 Å². The zero-order valence-electron chi connectivity index (χ0n) is 11.8. The highest BCUT2D eigenvalue weighted by molar-refractivity contribution is 5.27. The highest BCUT2D eigenvalue weighted by Crippen LogP contribution is 2.31. The van der Waals surface area contributed by atoms with Gasteiger partial charge in [0.05, 0.1) is 6.61 Å². The van der Waals surface area contributed by atoms with Crippen LogP contribution in [0.4, 0.5) is 0 Å². The van der Waals surface area contributed by atoms with Gasteiger partial charge >= 0.3 is 0 Å². The Balaban J connectivity index is 2.05. The first-order chi connectivity index (χ1) is 8.70. The molecule has 1 heterocycles. The maximum atomic E-state index is 5.15. The Labute approximate surface area is 111 Å². The summed E-state index contributed by atoms with van der Waals surface area (Å²) in [6, 6.07) is 9.60. The van der Waals surface area contributed by atoms with Crippen LogP contribution in [-0.4, -0.2) is 19.7 Å². The van der Waals surface area contributed by atoms with Crippen LogP contribution in [0.2, 0.25) is 0 Å². The van der Waals surface area contributed by atoms with Crippen LogP contribution in [0, 0.1) is 5.92 Å². The van der Waals surface area contributed by atoms with E-state index in [1.165, 1.54) is 24.0 Å². The van der Waals surface area contributed by atoms with Gasteiger partial charge in [0, 0.05) is 19.1 Å². The normalized spacial score (nSPS) is 23.8. The van der Waals surface area contributed by atoms with Gasteiger partial charge in [-0.25, -0.2) is 0 Å². The van der Waals surface area contributed by atoms with E-state index >= 15 is 0 Å². The molecule has 0 spiro atoms. The zero-order valence-corrected chi connectivity index (χ0v) is 11.8. The van der Waals surface area contributed by atoms with E-state index in [9.17, 15) is 0 Å². The molecule has 0 aliphatic carbocycles. The van der Waals surface area contributed by atoms with Gasteiger partial charge in [0.2, 0.25) is 0 Å². The molecule has 1 aliphatic rings. The second-order valence-electron chi connectivity index (χ2n) is 5.76. The average Bonchev–Trinajstić information content (AvgIpc) is 2.78. The van der Waals surface area contributed by atoms with Crippen molar-refractivity contribution in [3.8, 4) is 0 Å². The summed E-state index contributed by atoms with van der Waals surface area (Å²) in [4.78, 5) is 0. The van der Waals surface area contributed by atoms with Gasteiger partial charge in [-0.1, -0.05) is 38.1 Å². The van der Waals surface area contributed by atoms with Gasteiger partial charge in [0.1, 0.15) is 0 Å². The molecular formula is C16H25NO. The Hall–Kier alpha value is -0.860. The molecule has 1 aliphatic heterocycles. The number of hydrogen-bond donors (Lipinski definition) is 1. The predicted octanol–water partition coefficient (Wildman–Crippen LogP) is 3.32. The van der Waals surface area contributed by atoms with E-state index in [0.29, 0.717) is 18.6 Å². The molecule has 2 unspecified atom stereocenters. The molecule has 1 N–H and O–H groups in total. The Bertz CT molecular complexity index is 358. The molecule has 0 aromatic heterocycles. The van der Waals surface area contributed by atoms with Gasteiger partial charge in [-0.15, -0.1) is 0 Å².